The number of nitrogens with zero attached hydrogens (tertiary/aromatic N) is 3. The Morgan fingerprint density at radius 1 is 1.15 bits per heavy atom. The zero-order valence-corrected chi connectivity index (χ0v) is 20.8. The molecule has 1 saturated carbocycles. The van der Waals surface area contributed by atoms with Crippen LogP contribution in [0.2, 0.25) is 10.0 Å². The highest BCUT2D eigenvalue weighted by Gasteiger charge is 2.50. The molecule has 1 saturated heterocycles. The minimum absolute atomic E-state index is 0.148. The minimum atomic E-state index is 0.148. The van der Waals surface area contributed by atoms with Crippen LogP contribution in [0.15, 0.2) is 42.5 Å². The molecule has 1 amide bonds. The molecule has 5 rings (SSSR count). The van der Waals surface area contributed by atoms with E-state index in [4.69, 9.17) is 32.9 Å². The predicted octanol–water partition coefficient (Wildman–Crippen LogP) is 6.35. The van der Waals surface area contributed by atoms with Crippen molar-refractivity contribution in [2.75, 3.05) is 6.54 Å². The molecule has 3 aromatic rings. The third-order valence-corrected chi connectivity index (χ3v) is 7.54. The number of likely N-dealkylation sites (tertiary alicyclic amines) is 1. The Balaban J connectivity index is 1.40. The highest BCUT2D eigenvalue weighted by atomic mass is 35.5. The summed E-state index contributed by atoms with van der Waals surface area (Å²) in [4.78, 5) is 20.4. The van der Waals surface area contributed by atoms with Gasteiger partial charge in [0.1, 0.15) is 24.7 Å². The molecule has 1 aliphatic heterocycles. The Hall–Kier alpha value is -2.24. The maximum Gasteiger partial charge on any atom is 0.242 e. The van der Waals surface area contributed by atoms with E-state index in [1.807, 2.05) is 28.8 Å². The van der Waals surface area contributed by atoms with Crippen molar-refractivity contribution in [1.29, 1.82) is 0 Å². The molecule has 2 bridgehead atoms. The van der Waals surface area contributed by atoms with Gasteiger partial charge in [0.05, 0.1) is 16.1 Å². The molecule has 2 heterocycles. The van der Waals surface area contributed by atoms with Crippen LogP contribution in [0.25, 0.3) is 11.0 Å². The average Bonchev–Trinajstić information content (AvgIpc) is 3.20. The highest BCUT2D eigenvalue weighted by Crippen LogP contribution is 2.52. The molecule has 2 fully saturated rings. The number of imidazole rings is 1. The summed E-state index contributed by atoms with van der Waals surface area (Å²) in [6, 6.07) is 13.3. The monoisotopic (exact) mass is 485 g/mol. The number of hydrogen-bond donors (Lipinski definition) is 0. The number of amides is 1. The van der Waals surface area contributed by atoms with E-state index in [0.717, 1.165) is 36.8 Å². The summed E-state index contributed by atoms with van der Waals surface area (Å²) >= 11 is 12.3. The summed E-state index contributed by atoms with van der Waals surface area (Å²) in [5.41, 5.74) is 2.25. The topological polar surface area (TPSA) is 47.4 Å². The molecule has 5 nitrogen and oxygen atoms in total. The van der Waals surface area contributed by atoms with Crippen LogP contribution in [-0.2, 0) is 17.9 Å². The second-order valence-electron chi connectivity index (χ2n) is 10.7. The van der Waals surface area contributed by atoms with Gasteiger partial charge in [-0.3, -0.25) is 4.79 Å². The lowest BCUT2D eigenvalue weighted by atomic mass is 9.65. The molecule has 174 valence electrons. The van der Waals surface area contributed by atoms with Gasteiger partial charge in [-0.2, -0.15) is 0 Å². The lowest BCUT2D eigenvalue weighted by Crippen LogP contribution is -2.39. The van der Waals surface area contributed by atoms with Crippen molar-refractivity contribution >= 4 is 40.1 Å². The first-order valence-corrected chi connectivity index (χ1v) is 12.2. The van der Waals surface area contributed by atoms with Crippen molar-refractivity contribution in [3.63, 3.8) is 0 Å². The third kappa shape index (κ3) is 4.45. The maximum atomic E-state index is 13.6. The van der Waals surface area contributed by atoms with Crippen LogP contribution in [0.4, 0.5) is 0 Å². The van der Waals surface area contributed by atoms with Crippen LogP contribution >= 0.6 is 23.2 Å². The lowest BCUT2D eigenvalue weighted by molar-refractivity contribution is -0.133. The third-order valence-electron chi connectivity index (χ3n) is 7.01. The summed E-state index contributed by atoms with van der Waals surface area (Å²) in [6.07, 6.45) is 3.32. The molecule has 0 N–H and O–H groups in total. The van der Waals surface area contributed by atoms with Crippen LogP contribution in [0.1, 0.15) is 45.9 Å². The molecule has 1 aromatic heterocycles. The average molecular weight is 486 g/mol. The molecule has 0 unspecified atom stereocenters. The Labute approximate surface area is 204 Å². The number of benzene rings is 2. The fourth-order valence-corrected chi connectivity index (χ4v) is 6.59. The van der Waals surface area contributed by atoms with Gasteiger partial charge in [-0.25, -0.2) is 4.98 Å². The molecular formula is C26H29Cl2N3O2. The summed E-state index contributed by atoms with van der Waals surface area (Å²) < 4.78 is 7.95. The van der Waals surface area contributed by atoms with Gasteiger partial charge in [0.25, 0.3) is 0 Å². The second-order valence-corrected chi connectivity index (χ2v) is 11.5. The van der Waals surface area contributed by atoms with Gasteiger partial charge in [-0.15, -0.1) is 0 Å². The Kier molecular flexibility index (Phi) is 5.61. The second kappa shape index (κ2) is 8.21. The van der Waals surface area contributed by atoms with Crippen LogP contribution in [0.3, 0.4) is 0 Å². The van der Waals surface area contributed by atoms with Crippen molar-refractivity contribution in [2.45, 2.75) is 59.2 Å². The molecule has 0 radical (unpaired) electrons. The van der Waals surface area contributed by atoms with Gasteiger partial charge in [0.15, 0.2) is 0 Å². The smallest absolute Gasteiger partial charge is 0.242 e. The van der Waals surface area contributed by atoms with Crippen LogP contribution in [0.5, 0.6) is 5.75 Å². The van der Waals surface area contributed by atoms with E-state index >= 15 is 0 Å². The summed E-state index contributed by atoms with van der Waals surface area (Å²) in [7, 11) is 0. The number of rotatable bonds is 5. The normalized spacial score (nSPS) is 23.8. The Morgan fingerprint density at radius 2 is 1.94 bits per heavy atom. The van der Waals surface area contributed by atoms with E-state index in [1.165, 1.54) is 0 Å². The largest absolute Gasteiger partial charge is 0.484 e. The number of carbonyl (C=O) groups excluding carboxylic acids is 1. The fraction of sp³-hybridized carbons (Fsp3) is 0.462. The molecule has 33 heavy (non-hydrogen) atoms. The van der Waals surface area contributed by atoms with E-state index in [0.29, 0.717) is 27.7 Å². The van der Waals surface area contributed by atoms with E-state index in [9.17, 15) is 4.79 Å². The number of halogens is 2. The summed E-state index contributed by atoms with van der Waals surface area (Å²) in [6.45, 7) is 8.27. The summed E-state index contributed by atoms with van der Waals surface area (Å²) in [5, 5.41) is 0.999. The van der Waals surface area contributed by atoms with Gasteiger partial charge in [0.2, 0.25) is 5.91 Å². The van der Waals surface area contributed by atoms with Gasteiger partial charge in [0, 0.05) is 17.6 Å². The quantitative estimate of drug-likeness (QED) is 0.422. The number of hydrogen-bond acceptors (Lipinski definition) is 3. The zero-order chi connectivity index (χ0) is 23.4. The number of carbonyl (C=O) groups is 1. The van der Waals surface area contributed by atoms with Gasteiger partial charge < -0.3 is 14.2 Å². The lowest BCUT2D eigenvalue weighted by Gasteiger charge is -2.39. The molecule has 2 aromatic carbocycles. The summed E-state index contributed by atoms with van der Waals surface area (Å²) in [5.74, 6) is 1.38. The maximum absolute atomic E-state index is 13.6. The number of fused-ring (bicyclic) bond motifs is 3. The first kappa shape index (κ1) is 22.5. The van der Waals surface area contributed by atoms with Crippen LogP contribution in [-0.4, -0.2) is 32.9 Å². The first-order valence-electron chi connectivity index (χ1n) is 11.4. The number of para-hydroxylation sites is 2. The van der Waals surface area contributed by atoms with Crippen LogP contribution < -0.4 is 4.74 Å². The van der Waals surface area contributed by atoms with E-state index in [-0.39, 0.29) is 29.9 Å². The number of ether oxygens (including phenoxy) is 1. The zero-order valence-electron chi connectivity index (χ0n) is 19.3. The Morgan fingerprint density at radius 3 is 2.73 bits per heavy atom. The molecule has 0 spiro atoms. The van der Waals surface area contributed by atoms with Crippen LogP contribution in [0, 0.1) is 10.8 Å². The Bertz CT molecular complexity index is 1220. The van der Waals surface area contributed by atoms with Crippen molar-refractivity contribution in [3.8, 4) is 5.75 Å². The van der Waals surface area contributed by atoms with Gasteiger partial charge >= 0.3 is 0 Å². The van der Waals surface area contributed by atoms with Crippen molar-refractivity contribution in [3.05, 3.63) is 58.3 Å². The fourth-order valence-electron chi connectivity index (χ4n) is 6.12. The predicted molar refractivity (Wildman–Crippen MR) is 132 cm³/mol. The molecule has 2 atom stereocenters. The van der Waals surface area contributed by atoms with Gasteiger partial charge in [-0.1, -0.05) is 56.1 Å². The first-order chi connectivity index (χ1) is 15.6. The molecule has 1 aliphatic carbocycles. The number of aromatic nitrogens is 2. The molecule has 7 heteroatoms. The highest BCUT2D eigenvalue weighted by molar-refractivity contribution is 6.35. The van der Waals surface area contributed by atoms with Crippen molar-refractivity contribution in [2.24, 2.45) is 10.8 Å². The van der Waals surface area contributed by atoms with E-state index in [2.05, 4.69) is 25.7 Å². The van der Waals surface area contributed by atoms with E-state index in [1.54, 1.807) is 18.2 Å². The van der Waals surface area contributed by atoms with Crippen molar-refractivity contribution < 1.29 is 9.53 Å². The SMILES string of the molecule is CC1(C)C[C@H]2C[C@@](C)(CN2C(=O)Cn2c(COc3ccc(Cl)cc3Cl)nc3ccccc32)C1. The van der Waals surface area contributed by atoms with E-state index < -0.39 is 0 Å². The standard InChI is InChI=1S/C26H29Cl2N3O2/c1-25(2)11-18-12-26(3,15-25)16-31(18)24(32)13-30-21-7-5-4-6-20(21)29-23(30)14-33-22-9-8-17(27)10-19(22)28/h4-10,18H,11-16H2,1-3H3/t18-,26+/m0/s1. The molecular weight excluding hydrogens is 457 g/mol. The molecule has 2 aliphatic rings. The van der Waals surface area contributed by atoms with Gasteiger partial charge in [-0.05, 0) is 60.4 Å². The minimum Gasteiger partial charge on any atom is -0.484 e. The van der Waals surface area contributed by atoms with Crippen molar-refractivity contribution in [1.82, 2.24) is 14.5 Å².